The summed E-state index contributed by atoms with van der Waals surface area (Å²) in [5.74, 6) is -0.459. The molecule has 1 N–H and O–H groups in total. The van der Waals surface area contributed by atoms with Crippen LogP contribution in [0.25, 0.3) is 0 Å². The van der Waals surface area contributed by atoms with Gasteiger partial charge in [-0.05, 0) is 20.0 Å². The molecule has 0 heterocycles. The average Bonchev–Trinajstić information content (AvgIpc) is 2.45. The summed E-state index contributed by atoms with van der Waals surface area (Å²) in [6.45, 7) is 0.429. The first-order valence-corrected chi connectivity index (χ1v) is 6.17. The Morgan fingerprint density at radius 1 is 1.19 bits per heavy atom. The third-order valence-electron chi connectivity index (χ3n) is 2.59. The first-order valence-electron chi connectivity index (χ1n) is 6.17. The van der Waals surface area contributed by atoms with Gasteiger partial charge in [-0.2, -0.15) is 0 Å². The fraction of sp³-hybridized carbons (Fsp3) is 0.417. The Balaban J connectivity index is 2.72. The molecule has 114 valence electrons. The minimum absolute atomic E-state index is 0.206. The number of hydrogen-bond acceptors (Lipinski definition) is 7. The lowest BCUT2D eigenvalue weighted by atomic mass is 10.2. The lowest BCUT2D eigenvalue weighted by Gasteiger charge is -2.05. The second-order valence-corrected chi connectivity index (χ2v) is 4.24. The van der Waals surface area contributed by atoms with Crippen LogP contribution in [0.5, 0.6) is 0 Å². The van der Waals surface area contributed by atoms with Gasteiger partial charge >= 0.3 is 5.97 Å². The smallest absolute Gasteiger partial charge is 0.306 e. The molecule has 9 heteroatoms. The zero-order chi connectivity index (χ0) is 15.8. The van der Waals surface area contributed by atoms with Gasteiger partial charge in [0.05, 0.1) is 15.9 Å². The zero-order valence-corrected chi connectivity index (χ0v) is 11.4. The molecule has 0 aliphatic rings. The molecule has 1 aromatic rings. The third-order valence-corrected chi connectivity index (χ3v) is 2.59. The second-order valence-electron chi connectivity index (χ2n) is 4.24. The van der Waals surface area contributed by atoms with Crippen LogP contribution in [0.3, 0.4) is 0 Å². The zero-order valence-electron chi connectivity index (χ0n) is 11.4. The highest BCUT2D eigenvalue weighted by atomic mass is 16.6. The lowest BCUT2D eigenvalue weighted by Crippen LogP contribution is -2.11. The minimum Gasteiger partial charge on any atom is -0.461 e. The van der Waals surface area contributed by atoms with Gasteiger partial charge in [-0.25, -0.2) is 0 Å². The minimum atomic E-state index is -0.731. The molecule has 0 aliphatic carbocycles. The van der Waals surface area contributed by atoms with Crippen molar-refractivity contribution in [1.82, 2.24) is 5.32 Å². The maximum absolute atomic E-state index is 11.4. The van der Waals surface area contributed by atoms with E-state index in [-0.39, 0.29) is 18.6 Å². The number of nitro benzene ring substituents is 2. The number of carbonyl (C=O) groups excluding carboxylic acids is 1. The number of hydrogen-bond donors (Lipinski definition) is 1. The van der Waals surface area contributed by atoms with Crippen LogP contribution < -0.4 is 5.32 Å². The molecular weight excluding hydrogens is 282 g/mol. The summed E-state index contributed by atoms with van der Waals surface area (Å²) in [7, 11) is 1.76. The number of carbonyl (C=O) groups is 1. The van der Waals surface area contributed by atoms with Crippen molar-refractivity contribution in [2.24, 2.45) is 0 Å². The van der Waals surface area contributed by atoms with Gasteiger partial charge in [0.25, 0.3) is 11.4 Å². The van der Waals surface area contributed by atoms with E-state index in [1.165, 1.54) is 0 Å². The summed E-state index contributed by atoms with van der Waals surface area (Å²) in [5, 5.41) is 24.3. The fourth-order valence-corrected chi connectivity index (χ4v) is 1.60. The highest BCUT2D eigenvalue weighted by molar-refractivity contribution is 5.69. The summed E-state index contributed by atoms with van der Waals surface area (Å²) < 4.78 is 4.93. The Hall–Kier alpha value is -2.55. The van der Waals surface area contributed by atoms with E-state index in [1.54, 1.807) is 7.05 Å². The van der Waals surface area contributed by atoms with Crippen molar-refractivity contribution in [3.63, 3.8) is 0 Å². The number of nitrogens with one attached hydrogen (secondary N) is 1. The molecule has 1 aromatic carbocycles. The van der Waals surface area contributed by atoms with Crippen LogP contribution in [0, 0.1) is 20.2 Å². The SMILES string of the molecule is CNCCCC(=O)OCc1cc([N+](=O)[O-])cc([N+](=O)[O-])c1. The maximum Gasteiger partial charge on any atom is 0.306 e. The van der Waals surface area contributed by atoms with Crippen LogP contribution in [-0.2, 0) is 16.1 Å². The molecule has 0 fully saturated rings. The van der Waals surface area contributed by atoms with Crippen molar-refractivity contribution in [3.05, 3.63) is 44.0 Å². The summed E-state index contributed by atoms with van der Waals surface area (Å²) in [5.41, 5.74) is -0.617. The predicted molar refractivity (Wildman–Crippen MR) is 72.7 cm³/mol. The monoisotopic (exact) mass is 297 g/mol. The normalized spacial score (nSPS) is 10.1. The maximum atomic E-state index is 11.4. The number of rotatable bonds is 8. The van der Waals surface area contributed by atoms with E-state index in [9.17, 15) is 25.0 Å². The van der Waals surface area contributed by atoms with E-state index < -0.39 is 27.2 Å². The van der Waals surface area contributed by atoms with Crippen molar-refractivity contribution in [1.29, 1.82) is 0 Å². The lowest BCUT2D eigenvalue weighted by molar-refractivity contribution is -0.394. The van der Waals surface area contributed by atoms with Crippen LogP contribution in [-0.4, -0.2) is 29.4 Å². The molecule has 0 bridgehead atoms. The van der Waals surface area contributed by atoms with E-state index in [4.69, 9.17) is 4.74 Å². The first kappa shape index (κ1) is 16.5. The third kappa shape index (κ3) is 5.53. The van der Waals surface area contributed by atoms with Gasteiger partial charge in [0.1, 0.15) is 6.61 Å². The highest BCUT2D eigenvalue weighted by Gasteiger charge is 2.17. The molecule has 0 saturated carbocycles. The predicted octanol–water partition coefficient (Wildman–Crippen LogP) is 1.55. The number of esters is 1. The van der Waals surface area contributed by atoms with Crippen molar-refractivity contribution < 1.29 is 19.4 Å². The van der Waals surface area contributed by atoms with Gasteiger partial charge in [-0.15, -0.1) is 0 Å². The molecule has 9 nitrogen and oxygen atoms in total. The molecule has 0 aliphatic heterocycles. The molecule has 0 saturated heterocycles. The van der Waals surface area contributed by atoms with E-state index in [0.29, 0.717) is 13.0 Å². The van der Waals surface area contributed by atoms with Gasteiger partial charge in [-0.3, -0.25) is 25.0 Å². The van der Waals surface area contributed by atoms with Crippen molar-refractivity contribution in [3.8, 4) is 0 Å². The molecule has 0 atom stereocenters. The molecule has 1 rings (SSSR count). The molecule has 0 spiro atoms. The molecule has 21 heavy (non-hydrogen) atoms. The Morgan fingerprint density at radius 3 is 2.24 bits per heavy atom. The summed E-state index contributed by atoms with van der Waals surface area (Å²) >= 11 is 0. The molecule has 0 amide bonds. The Morgan fingerprint density at radius 2 is 1.76 bits per heavy atom. The van der Waals surface area contributed by atoms with Gasteiger partial charge in [0.15, 0.2) is 0 Å². The van der Waals surface area contributed by atoms with E-state index in [1.807, 2.05) is 0 Å². The Kier molecular flexibility index (Phi) is 6.21. The van der Waals surface area contributed by atoms with Crippen LogP contribution in [0.2, 0.25) is 0 Å². The fourth-order valence-electron chi connectivity index (χ4n) is 1.60. The number of non-ortho nitro benzene ring substituents is 2. The van der Waals surface area contributed by atoms with Crippen molar-refractivity contribution in [2.75, 3.05) is 13.6 Å². The molecule has 0 aromatic heterocycles. The van der Waals surface area contributed by atoms with Crippen LogP contribution >= 0.6 is 0 Å². The quantitative estimate of drug-likeness (QED) is 0.334. The standard InChI is InChI=1S/C12H15N3O6/c1-13-4-2-3-12(16)21-8-9-5-10(14(17)18)7-11(6-9)15(19)20/h5-7,13H,2-4,8H2,1H3. The number of nitrogens with zero attached hydrogens (tertiary/aromatic N) is 2. The van der Waals surface area contributed by atoms with Crippen LogP contribution in [0.4, 0.5) is 11.4 Å². The molecule has 0 unspecified atom stereocenters. The van der Waals surface area contributed by atoms with Gasteiger partial charge in [0.2, 0.25) is 0 Å². The number of benzene rings is 1. The Labute approximate surface area is 120 Å². The topological polar surface area (TPSA) is 125 Å². The summed E-state index contributed by atoms with van der Waals surface area (Å²) in [4.78, 5) is 31.4. The Bertz CT molecular complexity index is 514. The average molecular weight is 297 g/mol. The van der Waals surface area contributed by atoms with Crippen molar-refractivity contribution >= 4 is 17.3 Å². The van der Waals surface area contributed by atoms with Crippen LogP contribution in [0.15, 0.2) is 18.2 Å². The van der Waals surface area contributed by atoms with Gasteiger partial charge < -0.3 is 10.1 Å². The van der Waals surface area contributed by atoms with E-state index in [0.717, 1.165) is 18.2 Å². The summed E-state index contributed by atoms with van der Waals surface area (Å²) in [6, 6.07) is 3.15. The van der Waals surface area contributed by atoms with E-state index in [2.05, 4.69) is 5.32 Å². The molecular formula is C12H15N3O6. The van der Waals surface area contributed by atoms with Gasteiger partial charge in [-0.1, -0.05) is 0 Å². The van der Waals surface area contributed by atoms with E-state index >= 15 is 0 Å². The second kappa shape index (κ2) is 7.90. The molecule has 0 radical (unpaired) electrons. The number of nitro groups is 2. The largest absolute Gasteiger partial charge is 0.461 e. The first-order chi connectivity index (χ1) is 9.93. The van der Waals surface area contributed by atoms with Gasteiger partial charge in [0, 0.05) is 24.1 Å². The van der Waals surface area contributed by atoms with Crippen molar-refractivity contribution in [2.45, 2.75) is 19.4 Å². The number of ether oxygens (including phenoxy) is 1. The highest BCUT2D eigenvalue weighted by Crippen LogP contribution is 2.23. The summed E-state index contributed by atoms with van der Waals surface area (Å²) in [6.07, 6.45) is 0.808. The van der Waals surface area contributed by atoms with Crippen LogP contribution in [0.1, 0.15) is 18.4 Å².